The molecule has 1 heterocycles. The molecule has 0 aromatic carbocycles. The molecule has 21 heavy (non-hydrogen) atoms. The van der Waals surface area contributed by atoms with Crippen molar-refractivity contribution < 1.29 is 14.7 Å². The maximum Gasteiger partial charge on any atom is 0.263 e. The lowest BCUT2D eigenvalue weighted by atomic mass is 9.82. The van der Waals surface area contributed by atoms with Crippen LogP contribution in [0.15, 0.2) is 12.1 Å². The second-order valence-electron chi connectivity index (χ2n) is 6.10. The highest BCUT2D eigenvalue weighted by atomic mass is 32.1. The molecular weight excluding hydrogens is 288 g/mol. The molecule has 114 valence electrons. The number of carbonyl (C=O) groups excluding carboxylic acids is 2. The first-order chi connectivity index (χ1) is 10.0. The Morgan fingerprint density at radius 1 is 1.38 bits per heavy atom. The van der Waals surface area contributed by atoms with Gasteiger partial charge >= 0.3 is 0 Å². The van der Waals surface area contributed by atoms with E-state index < -0.39 is 0 Å². The van der Waals surface area contributed by atoms with Crippen molar-refractivity contribution in [1.82, 2.24) is 4.90 Å². The van der Waals surface area contributed by atoms with Crippen LogP contribution in [0.25, 0.3) is 0 Å². The third-order valence-corrected chi connectivity index (χ3v) is 5.09. The molecule has 2 saturated carbocycles. The number of aliphatic hydroxyl groups is 1. The maximum atomic E-state index is 12.3. The average molecular weight is 308 g/mol. The summed E-state index contributed by atoms with van der Waals surface area (Å²) in [6.07, 6.45) is 3.32. The molecule has 6 heteroatoms. The molecule has 2 amide bonds. The number of nitrogens with zero attached hydrogens (tertiary/aromatic N) is 1. The summed E-state index contributed by atoms with van der Waals surface area (Å²) in [4.78, 5) is 26.3. The van der Waals surface area contributed by atoms with Crippen LogP contribution < -0.4 is 5.32 Å². The Kier molecular flexibility index (Phi) is 3.99. The van der Waals surface area contributed by atoms with Crippen molar-refractivity contribution in [2.24, 2.45) is 11.8 Å². The summed E-state index contributed by atoms with van der Waals surface area (Å²) in [5.41, 5.74) is 0. The van der Waals surface area contributed by atoms with Gasteiger partial charge < -0.3 is 15.3 Å². The molecule has 0 saturated heterocycles. The van der Waals surface area contributed by atoms with Gasteiger partial charge in [-0.25, -0.2) is 0 Å². The normalized spacial score (nSPS) is 24.3. The van der Waals surface area contributed by atoms with Crippen LogP contribution in [0.3, 0.4) is 0 Å². The monoisotopic (exact) mass is 308 g/mol. The van der Waals surface area contributed by atoms with Crippen LogP contribution in [0, 0.1) is 11.8 Å². The Balaban J connectivity index is 1.54. The second-order valence-corrected chi connectivity index (χ2v) is 7.19. The minimum atomic E-state index is -0.190. The van der Waals surface area contributed by atoms with Crippen molar-refractivity contribution in [2.45, 2.75) is 31.8 Å². The van der Waals surface area contributed by atoms with Crippen LogP contribution in [0.4, 0.5) is 5.00 Å². The zero-order valence-electron chi connectivity index (χ0n) is 12.0. The van der Waals surface area contributed by atoms with Crippen molar-refractivity contribution in [3.63, 3.8) is 0 Å². The van der Waals surface area contributed by atoms with Crippen molar-refractivity contribution in [2.75, 3.05) is 18.9 Å². The summed E-state index contributed by atoms with van der Waals surface area (Å²) < 4.78 is 0. The average Bonchev–Trinajstić information content (AvgIpc) is 3.17. The van der Waals surface area contributed by atoms with Crippen LogP contribution >= 0.6 is 11.3 Å². The van der Waals surface area contributed by atoms with Gasteiger partial charge in [-0.3, -0.25) is 9.59 Å². The third-order valence-electron chi connectivity index (χ3n) is 4.10. The number of thiophene rings is 1. The van der Waals surface area contributed by atoms with Gasteiger partial charge in [0, 0.05) is 19.5 Å². The standard InChI is InChI=1S/C15H20N2O3S/c1-17(8-9-6-11(18)7-9)15(20)12-4-5-13(21-12)16-14(19)10-2-3-10/h4-5,9-11,18H,2-3,6-8H2,1H3,(H,16,19). The first kappa shape index (κ1) is 14.5. The van der Waals surface area contributed by atoms with Gasteiger partial charge in [0.1, 0.15) is 0 Å². The van der Waals surface area contributed by atoms with Gasteiger partial charge in [0.2, 0.25) is 5.91 Å². The number of hydrogen-bond acceptors (Lipinski definition) is 4. The van der Waals surface area contributed by atoms with Gasteiger partial charge in [-0.2, -0.15) is 0 Å². The molecule has 0 spiro atoms. The summed E-state index contributed by atoms with van der Waals surface area (Å²) in [5.74, 6) is 0.614. The zero-order chi connectivity index (χ0) is 15.0. The lowest BCUT2D eigenvalue weighted by Gasteiger charge is -2.34. The highest BCUT2D eigenvalue weighted by Crippen LogP contribution is 2.32. The Hall–Kier alpha value is -1.40. The number of anilines is 1. The third kappa shape index (κ3) is 3.44. The number of rotatable bonds is 5. The SMILES string of the molecule is CN(CC1CC(O)C1)C(=O)c1ccc(NC(=O)C2CC2)s1. The highest BCUT2D eigenvalue weighted by molar-refractivity contribution is 7.18. The van der Waals surface area contributed by atoms with Crippen molar-refractivity contribution in [1.29, 1.82) is 0 Å². The number of nitrogens with one attached hydrogen (secondary N) is 1. The first-order valence-corrected chi connectivity index (χ1v) is 8.19. The lowest BCUT2D eigenvalue weighted by molar-refractivity contribution is -0.117. The summed E-state index contributed by atoms with van der Waals surface area (Å²) >= 11 is 1.32. The molecule has 2 N–H and O–H groups in total. The molecule has 2 aliphatic carbocycles. The fourth-order valence-corrected chi connectivity index (χ4v) is 3.50. The molecule has 5 nitrogen and oxygen atoms in total. The van der Waals surface area contributed by atoms with Gasteiger partial charge in [-0.05, 0) is 43.7 Å². The molecule has 2 fully saturated rings. The molecular formula is C15H20N2O3S. The van der Waals surface area contributed by atoms with E-state index in [2.05, 4.69) is 5.32 Å². The van der Waals surface area contributed by atoms with Crippen LogP contribution in [0.1, 0.15) is 35.4 Å². The summed E-state index contributed by atoms with van der Waals surface area (Å²) in [5, 5.41) is 12.9. The summed E-state index contributed by atoms with van der Waals surface area (Å²) in [7, 11) is 1.79. The fourth-order valence-electron chi connectivity index (χ4n) is 2.60. The van der Waals surface area contributed by atoms with Gasteiger partial charge in [-0.1, -0.05) is 0 Å². The Labute approximate surface area is 128 Å². The predicted octanol–water partition coefficient (Wildman–Crippen LogP) is 1.94. The molecule has 2 aliphatic rings. The van der Waals surface area contributed by atoms with E-state index in [1.165, 1.54) is 11.3 Å². The van der Waals surface area contributed by atoms with Gasteiger partial charge in [-0.15, -0.1) is 11.3 Å². The Morgan fingerprint density at radius 2 is 2.10 bits per heavy atom. The van der Waals surface area contributed by atoms with E-state index in [9.17, 15) is 14.7 Å². The molecule has 1 aromatic heterocycles. The Bertz CT molecular complexity index is 547. The Morgan fingerprint density at radius 3 is 2.71 bits per heavy atom. The molecule has 1 aromatic rings. The number of amides is 2. The van der Waals surface area contributed by atoms with E-state index in [4.69, 9.17) is 0 Å². The van der Waals surface area contributed by atoms with Crippen molar-refractivity contribution in [3.05, 3.63) is 17.0 Å². The molecule has 0 radical (unpaired) electrons. The summed E-state index contributed by atoms with van der Waals surface area (Å²) in [6.45, 7) is 0.678. The highest BCUT2D eigenvalue weighted by Gasteiger charge is 2.31. The van der Waals surface area contributed by atoms with E-state index in [-0.39, 0.29) is 23.8 Å². The number of carbonyl (C=O) groups is 2. The predicted molar refractivity (Wildman–Crippen MR) is 81.4 cm³/mol. The van der Waals surface area contributed by atoms with E-state index >= 15 is 0 Å². The van der Waals surface area contributed by atoms with E-state index in [0.29, 0.717) is 17.3 Å². The van der Waals surface area contributed by atoms with Gasteiger partial charge in [0.25, 0.3) is 5.91 Å². The molecule has 0 aliphatic heterocycles. The zero-order valence-corrected chi connectivity index (χ0v) is 12.9. The van der Waals surface area contributed by atoms with Crippen LogP contribution in [0.2, 0.25) is 0 Å². The van der Waals surface area contributed by atoms with E-state index in [1.54, 1.807) is 24.1 Å². The largest absolute Gasteiger partial charge is 0.393 e. The minimum Gasteiger partial charge on any atom is -0.393 e. The van der Waals surface area contributed by atoms with Crippen LogP contribution in [0.5, 0.6) is 0 Å². The molecule has 0 bridgehead atoms. The first-order valence-electron chi connectivity index (χ1n) is 7.37. The van der Waals surface area contributed by atoms with E-state index in [0.717, 1.165) is 30.7 Å². The topological polar surface area (TPSA) is 69.6 Å². The lowest BCUT2D eigenvalue weighted by Crippen LogP contribution is -2.39. The van der Waals surface area contributed by atoms with Crippen molar-refractivity contribution in [3.8, 4) is 0 Å². The van der Waals surface area contributed by atoms with E-state index in [1.807, 2.05) is 0 Å². The number of hydrogen-bond donors (Lipinski definition) is 2. The minimum absolute atomic E-state index is 0.0201. The fraction of sp³-hybridized carbons (Fsp3) is 0.600. The van der Waals surface area contributed by atoms with Gasteiger partial charge in [0.15, 0.2) is 0 Å². The molecule has 0 atom stereocenters. The quantitative estimate of drug-likeness (QED) is 0.873. The van der Waals surface area contributed by atoms with Crippen LogP contribution in [-0.4, -0.2) is 41.5 Å². The van der Waals surface area contributed by atoms with Gasteiger partial charge in [0.05, 0.1) is 16.0 Å². The smallest absolute Gasteiger partial charge is 0.263 e. The molecule has 3 rings (SSSR count). The van der Waals surface area contributed by atoms with Crippen LogP contribution in [-0.2, 0) is 4.79 Å². The van der Waals surface area contributed by atoms with Crippen molar-refractivity contribution >= 4 is 28.2 Å². The molecule has 0 unspecified atom stereocenters. The number of aliphatic hydroxyl groups excluding tert-OH is 1. The summed E-state index contributed by atoms with van der Waals surface area (Å²) in [6, 6.07) is 3.56. The maximum absolute atomic E-state index is 12.3. The second kappa shape index (κ2) is 5.77.